The van der Waals surface area contributed by atoms with E-state index in [1.165, 1.54) is 6.07 Å². The van der Waals surface area contributed by atoms with E-state index in [1.54, 1.807) is 12.1 Å². The molecule has 2 bridgehead atoms. The van der Waals surface area contributed by atoms with Gasteiger partial charge in [-0.1, -0.05) is 23.8 Å². The predicted molar refractivity (Wildman–Crippen MR) is 146 cm³/mol. The standard InChI is InChI=1S/C32H32F4N2O4/c33-26-11-8-21(15-25(26)32(34,35)36)37-30(40)27-22-9-10-23(24(22)12-16-4-5-16)28(27)38-29(39)19-7-6-18(13-19)17-2-1-3-20(14-17)31(41)42/h1-3,8,11-12,14-16,18-19,22-23,27-28H,4-7,9-10,13H2,(H,37,40)(H,38,39)(H,41,42)/b24-12-/t18?,19?,22?,23?,27-,28+/m0/s1. The maximum absolute atomic E-state index is 13.8. The minimum Gasteiger partial charge on any atom is -0.478 e. The van der Waals surface area contributed by atoms with Crippen molar-refractivity contribution >= 4 is 23.5 Å². The molecule has 2 aromatic rings. The monoisotopic (exact) mass is 584 g/mol. The fourth-order valence-corrected chi connectivity index (χ4v) is 7.34. The molecule has 0 spiro atoms. The van der Waals surface area contributed by atoms with Crippen LogP contribution in [0.1, 0.15) is 72.3 Å². The molecule has 4 fully saturated rings. The van der Waals surface area contributed by atoms with Crippen molar-refractivity contribution in [3.8, 4) is 0 Å². The number of halogens is 4. The Morgan fingerprint density at radius 3 is 2.38 bits per heavy atom. The zero-order chi connectivity index (χ0) is 29.8. The van der Waals surface area contributed by atoms with Crippen LogP contribution in [0.25, 0.3) is 0 Å². The Balaban J connectivity index is 1.20. The number of hydrogen-bond donors (Lipinski definition) is 3. The topological polar surface area (TPSA) is 95.5 Å². The summed E-state index contributed by atoms with van der Waals surface area (Å²) in [6, 6.07) is 8.69. The SMILES string of the molecule is O=C(O)c1cccc(C2CCC(C(=O)N[C@@H]3C4CCC(/C4=C/C4CC4)[C@@H]3C(=O)Nc3ccc(F)c(C(F)(F)F)c3)C2)c1. The molecule has 222 valence electrons. The van der Waals surface area contributed by atoms with Crippen LogP contribution in [0.15, 0.2) is 54.1 Å². The van der Waals surface area contributed by atoms with Crippen molar-refractivity contribution in [1.82, 2.24) is 5.32 Å². The molecule has 6 atom stereocenters. The zero-order valence-electron chi connectivity index (χ0n) is 22.8. The van der Waals surface area contributed by atoms with Crippen LogP contribution in [0.2, 0.25) is 0 Å². The van der Waals surface area contributed by atoms with Crippen molar-refractivity contribution in [2.75, 3.05) is 5.32 Å². The summed E-state index contributed by atoms with van der Waals surface area (Å²) in [4.78, 5) is 38.6. The lowest BCUT2D eigenvalue weighted by molar-refractivity contribution is -0.140. The molecule has 10 heteroatoms. The Hall–Kier alpha value is -3.69. The third-order valence-corrected chi connectivity index (χ3v) is 9.51. The molecule has 2 aromatic carbocycles. The zero-order valence-corrected chi connectivity index (χ0v) is 22.8. The Kier molecular flexibility index (Phi) is 7.35. The van der Waals surface area contributed by atoms with Crippen LogP contribution in [0.3, 0.4) is 0 Å². The fraction of sp³-hybridized carbons (Fsp3) is 0.469. The van der Waals surface area contributed by atoms with E-state index in [-0.39, 0.29) is 40.8 Å². The average molecular weight is 585 g/mol. The minimum absolute atomic E-state index is 0.0151. The molecule has 42 heavy (non-hydrogen) atoms. The Labute approximate surface area is 240 Å². The maximum Gasteiger partial charge on any atom is 0.419 e. The first-order chi connectivity index (χ1) is 20.0. The summed E-state index contributed by atoms with van der Waals surface area (Å²) in [5, 5.41) is 15.1. The number of carboxylic acids is 1. The Morgan fingerprint density at radius 2 is 1.67 bits per heavy atom. The highest BCUT2D eigenvalue weighted by Gasteiger charge is 2.55. The van der Waals surface area contributed by atoms with Gasteiger partial charge in [-0.05, 0) is 98.6 Å². The van der Waals surface area contributed by atoms with Crippen LogP contribution < -0.4 is 10.6 Å². The highest BCUT2D eigenvalue weighted by atomic mass is 19.4. The van der Waals surface area contributed by atoms with Crippen molar-refractivity contribution in [2.45, 2.75) is 63.1 Å². The van der Waals surface area contributed by atoms with Crippen LogP contribution >= 0.6 is 0 Å². The number of amides is 2. The molecule has 3 N–H and O–H groups in total. The van der Waals surface area contributed by atoms with Gasteiger partial charge in [0.1, 0.15) is 5.82 Å². The van der Waals surface area contributed by atoms with Gasteiger partial charge in [0.25, 0.3) is 0 Å². The van der Waals surface area contributed by atoms with Gasteiger partial charge >= 0.3 is 12.1 Å². The number of hydrogen-bond acceptors (Lipinski definition) is 3. The van der Waals surface area contributed by atoms with Crippen molar-refractivity contribution in [1.29, 1.82) is 0 Å². The normalized spacial score (nSPS) is 29.6. The number of alkyl halides is 3. The lowest BCUT2D eigenvalue weighted by atomic mass is 9.83. The molecule has 0 aromatic heterocycles. The van der Waals surface area contributed by atoms with E-state index in [1.807, 2.05) is 6.07 Å². The van der Waals surface area contributed by atoms with Crippen LogP contribution in [-0.2, 0) is 15.8 Å². The molecule has 0 aliphatic heterocycles. The summed E-state index contributed by atoms with van der Waals surface area (Å²) in [6.45, 7) is 0. The summed E-state index contributed by atoms with van der Waals surface area (Å²) in [7, 11) is 0. The minimum atomic E-state index is -4.90. The van der Waals surface area contributed by atoms with Gasteiger partial charge in [-0.25, -0.2) is 9.18 Å². The molecule has 4 saturated carbocycles. The molecule has 4 unspecified atom stereocenters. The molecule has 4 aliphatic rings. The van der Waals surface area contributed by atoms with Gasteiger partial charge in [-0.15, -0.1) is 0 Å². The number of rotatable bonds is 7. The van der Waals surface area contributed by atoms with E-state index in [4.69, 9.17) is 0 Å². The summed E-state index contributed by atoms with van der Waals surface area (Å²) < 4.78 is 53.7. The third kappa shape index (κ3) is 5.55. The number of carboxylic acid groups (broad SMARTS) is 1. The van der Waals surface area contributed by atoms with E-state index >= 15 is 0 Å². The summed E-state index contributed by atoms with van der Waals surface area (Å²) in [6.07, 6.45) is 3.01. The lowest BCUT2D eigenvalue weighted by Gasteiger charge is -2.31. The number of anilines is 1. The molecule has 6 rings (SSSR count). The number of fused-ring (bicyclic) bond motifs is 2. The number of allylic oxidation sites excluding steroid dienone is 1. The van der Waals surface area contributed by atoms with Crippen LogP contribution in [0, 0.1) is 35.4 Å². The van der Waals surface area contributed by atoms with E-state index < -0.39 is 41.4 Å². The Bertz CT molecular complexity index is 1450. The van der Waals surface area contributed by atoms with E-state index in [2.05, 4.69) is 16.7 Å². The number of carbonyl (C=O) groups is 3. The van der Waals surface area contributed by atoms with E-state index in [0.29, 0.717) is 30.9 Å². The van der Waals surface area contributed by atoms with E-state index in [0.717, 1.165) is 49.3 Å². The second-order valence-corrected chi connectivity index (χ2v) is 12.2. The molecule has 0 radical (unpaired) electrons. The molecular weight excluding hydrogens is 552 g/mol. The molecule has 4 aliphatic carbocycles. The maximum atomic E-state index is 13.8. The average Bonchev–Trinajstić information content (AvgIpc) is 3.35. The molecule has 6 nitrogen and oxygen atoms in total. The van der Waals surface area contributed by atoms with Gasteiger partial charge in [0.2, 0.25) is 11.8 Å². The smallest absolute Gasteiger partial charge is 0.419 e. The quantitative estimate of drug-likeness (QED) is 0.254. The number of nitrogens with one attached hydrogen (secondary N) is 2. The number of aromatic carboxylic acids is 1. The first kappa shape index (κ1) is 28.4. The second kappa shape index (κ2) is 10.9. The Morgan fingerprint density at radius 1 is 0.905 bits per heavy atom. The predicted octanol–water partition coefficient (Wildman–Crippen LogP) is 6.54. The van der Waals surface area contributed by atoms with Crippen LogP contribution in [0.4, 0.5) is 23.2 Å². The molecule has 0 heterocycles. The lowest BCUT2D eigenvalue weighted by Crippen LogP contribution is -2.49. The van der Waals surface area contributed by atoms with Gasteiger partial charge < -0.3 is 15.7 Å². The van der Waals surface area contributed by atoms with Gasteiger partial charge in [0.05, 0.1) is 17.0 Å². The molecule has 0 saturated heterocycles. The summed E-state index contributed by atoms with van der Waals surface area (Å²) in [5.74, 6) is -3.62. The molecule has 2 amide bonds. The second-order valence-electron chi connectivity index (χ2n) is 12.2. The van der Waals surface area contributed by atoms with Gasteiger partial charge in [-0.3, -0.25) is 9.59 Å². The van der Waals surface area contributed by atoms with Crippen molar-refractivity contribution in [3.63, 3.8) is 0 Å². The fourth-order valence-electron chi connectivity index (χ4n) is 7.34. The highest BCUT2D eigenvalue weighted by Crippen LogP contribution is 2.54. The summed E-state index contributed by atoms with van der Waals surface area (Å²) in [5.41, 5.74) is 0.658. The van der Waals surface area contributed by atoms with Crippen molar-refractivity contribution < 1.29 is 37.1 Å². The third-order valence-electron chi connectivity index (χ3n) is 9.51. The number of carbonyl (C=O) groups excluding carboxylic acids is 2. The van der Waals surface area contributed by atoms with Crippen LogP contribution in [0.5, 0.6) is 0 Å². The van der Waals surface area contributed by atoms with Gasteiger partial charge in [-0.2, -0.15) is 13.2 Å². The number of benzene rings is 2. The van der Waals surface area contributed by atoms with E-state index in [9.17, 15) is 37.1 Å². The summed E-state index contributed by atoms with van der Waals surface area (Å²) >= 11 is 0. The van der Waals surface area contributed by atoms with Gasteiger partial charge in [0.15, 0.2) is 0 Å². The first-order valence-electron chi connectivity index (χ1n) is 14.5. The molecular formula is C32H32F4N2O4. The van der Waals surface area contributed by atoms with Crippen molar-refractivity contribution in [3.05, 3.63) is 76.6 Å². The van der Waals surface area contributed by atoms with Crippen LogP contribution in [-0.4, -0.2) is 28.9 Å². The first-order valence-corrected chi connectivity index (χ1v) is 14.5. The largest absolute Gasteiger partial charge is 0.478 e. The highest BCUT2D eigenvalue weighted by molar-refractivity contribution is 5.95. The van der Waals surface area contributed by atoms with Crippen molar-refractivity contribution in [2.24, 2.45) is 29.6 Å². The van der Waals surface area contributed by atoms with Gasteiger partial charge in [0, 0.05) is 23.6 Å².